The van der Waals surface area contributed by atoms with Crippen LogP contribution in [0, 0.1) is 0 Å². The lowest BCUT2D eigenvalue weighted by molar-refractivity contribution is -0.120. The molecule has 0 aromatic heterocycles. The Kier molecular flexibility index (Phi) is 5.34. The first kappa shape index (κ1) is 16.5. The molecular weight excluding hydrogens is 288 g/mol. The summed E-state index contributed by atoms with van der Waals surface area (Å²) in [6.45, 7) is 5.61. The second-order valence-corrected chi connectivity index (χ2v) is 6.98. The minimum absolute atomic E-state index is 0.0327. The number of nitrogens with zero attached hydrogens (tertiary/aromatic N) is 1. The minimum Gasteiger partial charge on any atom is -0.370 e. The summed E-state index contributed by atoms with van der Waals surface area (Å²) in [4.78, 5) is 13.6. The number of rotatable bonds is 5. The van der Waals surface area contributed by atoms with Crippen LogP contribution < -0.4 is 5.32 Å². The van der Waals surface area contributed by atoms with Crippen molar-refractivity contribution in [2.75, 3.05) is 26.2 Å². The quantitative estimate of drug-likeness (QED) is 0.907. The Morgan fingerprint density at radius 3 is 2.70 bits per heavy atom. The van der Waals surface area contributed by atoms with Crippen LogP contribution in [-0.2, 0) is 16.0 Å². The van der Waals surface area contributed by atoms with Gasteiger partial charge < -0.3 is 15.0 Å². The normalized spacial score (nSPS) is 24.0. The molecular formula is C19H28N2O2. The first-order valence-electron chi connectivity index (χ1n) is 8.84. The van der Waals surface area contributed by atoms with E-state index in [2.05, 4.69) is 40.5 Å². The molecule has 4 heteroatoms. The van der Waals surface area contributed by atoms with Gasteiger partial charge >= 0.3 is 0 Å². The highest BCUT2D eigenvalue weighted by atomic mass is 16.5. The van der Waals surface area contributed by atoms with Gasteiger partial charge in [-0.25, -0.2) is 0 Å². The van der Waals surface area contributed by atoms with Gasteiger partial charge in [-0.1, -0.05) is 30.3 Å². The summed E-state index contributed by atoms with van der Waals surface area (Å²) >= 11 is 0. The van der Waals surface area contributed by atoms with Gasteiger partial charge in [-0.15, -0.1) is 0 Å². The molecule has 126 valence electrons. The zero-order valence-corrected chi connectivity index (χ0v) is 14.1. The molecule has 2 saturated heterocycles. The molecule has 1 amide bonds. The standard InChI is InChI=1S/C19H28N2O2/c1-16(22)20-15-18-7-9-19(23-18)10-13-21(14-11-19)12-8-17-5-3-2-4-6-17/h2-6,18H,7-15H2,1H3,(H,20,22)/t18-/m1/s1. The number of carbonyl (C=O) groups excluding carboxylic acids is 1. The summed E-state index contributed by atoms with van der Waals surface area (Å²) in [6, 6.07) is 10.7. The van der Waals surface area contributed by atoms with Crippen LogP contribution in [0.4, 0.5) is 0 Å². The molecule has 2 aliphatic rings. The first-order valence-corrected chi connectivity index (χ1v) is 8.84. The van der Waals surface area contributed by atoms with Crippen LogP contribution in [0.2, 0.25) is 0 Å². The predicted molar refractivity (Wildman–Crippen MR) is 91.3 cm³/mol. The Morgan fingerprint density at radius 1 is 1.26 bits per heavy atom. The lowest BCUT2D eigenvalue weighted by atomic mass is 9.88. The molecule has 0 saturated carbocycles. The largest absolute Gasteiger partial charge is 0.370 e. The molecule has 3 rings (SSSR count). The van der Waals surface area contributed by atoms with Gasteiger partial charge in [0.15, 0.2) is 0 Å². The molecule has 0 aliphatic carbocycles. The van der Waals surface area contributed by atoms with Gasteiger partial charge in [0.1, 0.15) is 0 Å². The fourth-order valence-electron chi connectivity index (χ4n) is 3.78. The molecule has 0 radical (unpaired) electrons. The molecule has 2 heterocycles. The maximum atomic E-state index is 11.0. The van der Waals surface area contributed by atoms with Gasteiger partial charge in [-0.2, -0.15) is 0 Å². The number of hydrogen-bond acceptors (Lipinski definition) is 3. The number of amides is 1. The fraction of sp³-hybridized carbons (Fsp3) is 0.632. The lowest BCUT2D eigenvalue weighted by Gasteiger charge is -2.39. The van der Waals surface area contributed by atoms with E-state index in [1.165, 1.54) is 5.56 Å². The zero-order chi connectivity index (χ0) is 16.1. The van der Waals surface area contributed by atoms with E-state index in [1.807, 2.05) is 0 Å². The fourth-order valence-corrected chi connectivity index (χ4v) is 3.78. The van der Waals surface area contributed by atoms with Crippen molar-refractivity contribution in [3.8, 4) is 0 Å². The monoisotopic (exact) mass is 316 g/mol. The third kappa shape index (κ3) is 4.55. The maximum absolute atomic E-state index is 11.0. The number of nitrogens with one attached hydrogen (secondary N) is 1. The van der Waals surface area contributed by atoms with Gasteiger partial charge in [0.25, 0.3) is 0 Å². The van der Waals surface area contributed by atoms with Crippen molar-refractivity contribution in [2.24, 2.45) is 0 Å². The van der Waals surface area contributed by atoms with Crippen LogP contribution >= 0.6 is 0 Å². The van der Waals surface area contributed by atoms with Crippen LogP contribution in [0.5, 0.6) is 0 Å². The summed E-state index contributed by atoms with van der Waals surface area (Å²) < 4.78 is 6.31. The smallest absolute Gasteiger partial charge is 0.216 e. The average molecular weight is 316 g/mol. The molecule has 1 atom stereocenters. The summed E-state index contributed by atoms with van der Waals surface area (Å²) in [5, 5.41) is 2.88. The van der Waals surface area contributed by atoms with E-state index in [0.717, 1.165) is 51.7 Å². The van der Waals surface area contributed by atoms with Crippen LogP contribution in [0.1, 0.15) is 38.2 Å². The molecule has 1 spiro atoms. The number of piperidine rings is 1. The van der Waals surface area contributed by atoms with Crippen molar-refractivity contribution < 1.29 is 9.53 Å². The first-order chi connectivity index (χ1) is 11.2. The maximum Gasteiger partial charge on any atom is 0.216 e. The lowest BCUT2D eigenvalue weighted by Crippen LogP contribution is -2.45. The van der Waals surface area contributed by atoms with Gasteiger partial charge in [-0.3, -0.25) is 4.79 Å². The van der Waals surface area contributed by atoms with E-state index < -0.39 is 0 Å². The predicted octanol–water partition coefficient (Wildman–Crippen LogP) is 2.38. The van der Waals surface area contributed by atoms with Crippen LogP contribution in [0.25, 0.3) is 0 Å². The van der Waals surface area contributed by atoms with Crippen LogP contribution in [0.3, 0.4) is 0 Å². The van der Waals surface area contributed by atoms with Crippen LogP contribution in [-0.4, -0.2) is 48.7 Å². The van der Waals surface area contributed by atoms with Crippen molar-refractivity contribution in [1.29, 1.82) is 0 Å². The van der Waals surface area contributed by atoms with Gasteiger partial charge in [0.2, 0.25) is 5.91 Å². The Hall–Kier alpha value is -1.39. The molecule has 2 aliphatic heterocycles. The molecule has 23 heavy (non-hydrogen) atoms. The second-order valence-electron chi connectivity index (χ2n) is 6.98. The van der Waals surface area contributed by atoms with Crippen molar-refractivity contribution in [2.45, 2.75) is 50.7 Å². The van der Waals surface area contributed by atoms with Gasteiger partial charge in [0, 0.05) is 33.1 Å². The SMILES string of the molecule is CC(=O)NC[C@H]1CCC2(CCN(CCc3ccccc3)CC2)O1. The minimum atomic E-state index is 0.0327. The number of carbonyl (C=O) groups is 1. The highest BCUT2D eigenvalue weighted by Crippen LogP contribution is 2.38. The Bertz CT molecular complexity index is 509. The number of likely N-dealkylation sites (tertiary alicyclic amines) is 1. The highest BCUT2D eigenvalue weighted by Gasteiger charge is 2.42. The number of benzene rings is 1. The molecule has 1 aromatic rings. The van der Waals surface area contributed by atoms with Crippen molar-refractivity contribution in [3.63, 3.8) is 0 Å². The highest BCUT2D eigenvalue weighted by molar-refractivity contribution is 5.72. The summed E-state index contributed by atoms with van der Waals surface area (Å²) in [7, 11) is 0. The van der Waals surface area contributed by atoms with E-state index in [1.54, 1.807) is 6.92 Å². The van der Waals surface area contributed by atoms with Crippen molar-refractivity contribution >= 4 is 5.91 Å². The van der Waals surface area contributed by atoms with E-state index in [-0.39, 0.29) is 17.6 Å². The Morgan fingerprint density at radius 2 is 2.00 bits per heavy atom. The number of hydrogen-bond donors (Lipinski definition) is 1. The van der Waals surface area contributed by atoms with E-state index >= 15 is 0 Å². The average Bonchev–Trinajstić information content (AvgIpc) is 2.96. The topological polar surface area (TPSA) is 41.6 Å². The molecule has 1 aromatic carbocycles. The molecule has 2 fully saturated rings. The van der Waals surface area contributed by atoms with Crippen molar-refractivity contribution in [3.05, 3.63) is 35.9 Å². The van der Waals surface area contributed by atoms with E-state index in [4.69, 9.17) is 4.74 Å². The van der Waals surface area contributed by atoms with Crippen molar-refractivity contribution in [1.82, 2.24) is 10.2 Å². The van der Waals surface area contributed by atoms with E-state index in [0.29, 0.717) is 6.54 Å². The molecule has 0 bridgehead atoms. The molecule has 0 unspecified atom stereocenters. The second kappa shape index (κ2) is 7.45. The molecule has 4 nitrogen and oxygen atoms in total. The third-order valence-corrected chi connectivity index (χ3v) is 5.24. The summed E-state index contributed by atoms with van der Waals surface area (Å²) in [6.07, 6.45) is 5.79. The summed E-state index contributed by atoms with van der Waals surface area (Å²) in [5.41, 5.74) is 1.49. The Balaban J connectivity index is 1.41. The van der Waals surface area contributed by atoms with Crippen LogP contribution in [0.15, 0.2) is 30.3 Å². The third-order valence-electron chi connectivity index (χ3n) is 5.24. The number of ether oxygens (including phenoxy) is 1. The Labute approximate surface area is 139 Å². The van der Waals surface area contributed by atoms with E-state index in [9.17, 15) is 4.79 Å². The van der Waals surface area contributed by atoms with Gasteiger partial charge in [0.05, 0.1) is 11.7 Å². The van der Waals surface area contributed by atoms with Gasteiger partial charge in [-0.05, 0) is 37.7 Å². The summed E-state index contributed by atoms with van der Waals surface area (Å²) in [5.74, 6) is 0.0327. The molecule has 1 N–H and O–H groups in total. The zero-order valence-electron chi connectivity index (χ0n) is 14.1.